The van der Waals surface area contributed by atoms with Crippen molar-refractivity contribution in [3.63, 3.8) is 0 Å². The molecule has 2 amide bonds. The van der Waals surface area contributed by atoms with E-state index in [2.05, 4.69) is 37.4 Å². The number of carbonyl (C=O) groups is 2. The van der Waals surface area contributed by atoms with Gasteiger partial charge in [0, 0.05) is 31.8 Å². The molecular formula is C18H26N2O2S. The molecule has 1 aliphatic rings. The predicted octanol–water partition coefficient (Wildman–Crippen LogP) is 2.66. The van der Waals surface area contributed by atoms with Crippen LogP contribution in [0.2, 0.25) is 0 Å². The van der Waals surface area contributed by atoms with Crippen LogP contribution in [-0.2, 0) is 15.3 Å². The summed E-state index contributed by atoms with van der Waals surface area (Å²) in [6, 6.07) is 6.55. The highest BCUT2D eigenvalue weighted by Gasteiger charge is 2.23. The van der Waals surface area contributed by atoms with Gasteiger partial charge in [-0.2, -0.15) is 0 Å². The van der Waals surface area contributed by atoms with E-state index in [-0.39, 0.29) is 17.9 Å². The van der Waals surface area contributed by atoms with E-state index >= 15 is 0 Å². The zero-order chi connectivity index (χ0) is 16.8. The molecule has 1 heterocycles. The number of piperidine rings is 1. The smallest absolute Gasteiger partial charge is 0.232 e. The summed E-state index contributed by atoms with van der Waals surface area (Å²) in [6.07, 6.45) is 1.91. The molecule has 0 aromatic heterocycles. The monoisotopic (exact) mass is 334 g/mol. The first-order valence-electron chi connectivity index (χ1n) is 8.14. The van der Waals surface area contributed by atoms with Gasteiger partial charge in [0.2, 0.25) is 11.8 Å². The zero-order valence-electron chi connectivity index (χ0n) is 14.2. The van der Waals surface area contributed by atoms with E-state index in [1.165, 1.54) is 23.6 Å². The van der Waals surface area contributed by atoms with Crippen molar-refractivity contribution in [2.24, 2.45) is 0 Å². The Morgan fingerprint density at radius 2 is 2.13 bits per heavy atom. The SMILES string of the molecule is CC(=O)N[C@@H]1CCCN(C(=O)CSCc2cc(C)ccc2C)C1. The van der Waals surface area contributed by atoms with Crippen molar-refractivity contribution >= 4 is 23.6 Å². The Morgan fingerprint density at radius 1 is 1.35 bits per heavy atom. The fraction of sp³-hybridized carbons (Fsp3) is 0.556. The first kappa shape index (κ1) is 17.9. The Hall–Kier alpha value is -1.49. The van der Waals surface area contributed by atoms with Crippen LogP contribution in [0, 0.1) is 13.8 Å². The van der Waals surface area contributed by atoms with E-state index in [9.17, 15) is 9.59 Å². The minimum Gasteiger partial charge on any atom is -0.352 e. The quantitative estimate of drug-likeness (QED) is 0.901. The lowest BCUT2D eigenvalue weighted by Crippen LogP contribution is -2.49. The number of thioether (sulfide) groups is 1. The van der Waals surface area contributed by atoms with Gasteiger partial charge in [0.1, 0.15) is 0 Å². The minimum absolute atomic E-state index is 0.0198. The number of carbonyl (C=O) groups excluding carboxylic acids is 2. The third kappa shape index (κ3) is 5.57. The van der Waals surface area contributed by atoms with Gasteiger partial charge >= 0.3 is 0 Å². The molecule has 1 fully saturated rings. The molecule has 1 aromatic carbocycles. The average Bonchev–Trinajstić information content (AvgIpc) is 2.50. The highest BCUT2D eigenvalue weighted by atomic mass is 32.2. The molecule has 1 N–H and O–H groups in total. The van der Waals surface area contributed by atoms with Crippen molar-refractivity contribution in [3.8, 4) is 0 Å². The summed E-state index contributed by atoms with van der Waals surface area (Å²) in [5.41, 5.74) is 3.84. The van der Waals surface area contributed by atoms with E-state index in [4.69, 9.17) is 0 Å². The summed E-state index contributed by atoms with van der Waals surface area (Å²) in [5, 5.41) is 2.92. The fourth-order valence-electron chi connectivity index (χ4n) is 2.90. The van der Waals surface area contributed by atoms with Crippen LogP contribution >= 0.6 is 11.8 Å². The number of hydrogen-bond acceptors (Lipinski definition) is 3. The van der Waals surface area contributed by atoms with Crippen molar-refractivity contribution < 1.29 is 9.59 Å². The Kier molecular flexibility index (Phi) is 6.51. The topological polar surface area (TPSA) is 49.4 Å². The van der Waals surface area contributed by atoms with Crippen molar-refractivity contribution in [3.05, 3.63) is 34.9 Å². The summed E-state index contributed by atoms with van der Waals surface area (Å²) in [4.78, 5) is 25.4. The molecule has 1 aromatic rings. The standard InChI is InChI=1S/C18H26N2O2S/c1-13-6-7-14(2)16(9-13)11-23-12-18(22)20-8-4-5-17(10-20)19-15(3)21/h6-7,9,17H,4-5,8,10-12H2,1-3H3,(H,19,21)/t17-/m1/s1. The Balaban J connectivity index is 1.80. The number of nitrogens with one attached hydrogen (secondary N) is 1. The predicted molar refractivity (Wildman–Crippen MR) is 95.5 cm³/mol. The highest BCUT2D eigenvalue weighted by Crippen LogP contribution is 2.19. The first-order chi connectivity index (χ1) is 11.0. The van der Waals surface area contributed by atoms with Crippen LogP contribution in [0.3, 0.4) is 0 Å². The number of hydrogen-bond donors (Lipinski definition) is 1. The summed E-state index contributed by atoms with van der Waals surface area (Å²) < 4.78 is 0. The molecule has 1 saturated heterocycles. The Morgan fingerprint density at radius 3 is 2.87 bits per heavy atom. The van der Waals surface area contributed by atoms with Crippen molar-refractivity contribution in [1.82, 2.24) is 10.2 Å². The summed E-state index contributed by atoms with van der Waals surface area (Å²) in [6.45, 7) is 7.18. The lowest BCUT2D eigenvalue weighted by Gasteiger charge is -2.33. The highest BCUT2D eigenvalue weighted by molar-refractivity contribution is 7.99. The van der Waals surface area contributed by atoms with Gasteiger partial charge in [-0.05, 0) is 37.8 Å². The number of likely N-dealkylation sites (tertiary alicyclic amines) is 1. The molecule has 0 spiro atoms. The molecule has 2 rings (SSSR count). The maximum atomic E-state index is 12.4. The van der Waals surface area contributed by atoms with E-state index in [0.717, 1.165) is 25.1 Å². The molecule has 1 atom stereocenters. The fourth-order valence-corrected chi connectivity index (χ4v) is 3.89. The number of nitrogens with zero attached hydrogens (tertiary/aromatic N) is 1. The molecule has 0 saturated carbocycles. The van der Waals surface area contributed by atoms with Crippen LogP contribution in [0.25, 0.3) is 0 Å². The molecule has 0 aliphatic carbocycles. The maximum absolute atomic E-state index is 12.4. The lowest BCUT2D eigenvalue weighted by atomic mass is 10.1. The van der Waals surface area contributed by atoms with Crippen LogP contribution in [0.4, 0.5) is 0 Å². The van der Waals surface area contributed by atoms with E-state index < -0.39 is 0 Å². The van der Waals surface area contributed by atoms with Crippen LogP contribution in [0.1, 0.15) is 36.5 Å². The lowest BCUT2D eigenvalue weighted by molar-refractivity contribution is -0.130. The van der Waals surface area contributed by atoms with E-state index in [1.807, 2.05) is 4.90 Å². The van der Waals surface area contributed by atoms with Crippen LogP contribution < -0.4 is 5.32 Å². The third-order valence-electron chi connectivity index (χ3n) is 4.17. The molecule has 0 unspecified atom stereocenters. The molecule has 0 bridgehead atoms. The van der Waals surface area contributed by atoms with Gasteiger partial charge in [0.25, 0.3) is 0 Å². The van der Waals surface area contributed by atoms with E-state index in [1.54, 1.807) is 11.8 Å². The number of amides is 2. The number of benzene rings is 1. The second-order valence-electron chi connectivity index (χ2n) is 6.30. The van der Waals surface area contributed by atoms with Crippen LogP contribution in [0.15, 0.2) is 18.2 Å². The minimum atomic E-state index is -0.0198. The van der Waals surface area contributed by atoms with Gasteiger partial charge < -0.3 is 10.2 Å². The molecule has 0 radical (unpaired) electrons. The van der Waals surface area contributed by atoms with Gasteiger partial charge in [0.15, 0.2) is 0 Å². The van der Waals surface area contributed by atoms with Crippen molar-refractivity contribution in [2.45, 2.75) is 45.4 Å². The molecular weight excluding hydrogens is 308 g/mol. The molecule has 126 valence electrons. The largest absolute Gasteiger partial charge is 0.352 e. The van der Waals surface area contributed by atoms with Crippen molar-refractivity contribution in [1.29, 1.82) is 0 Å². The van der Waals surface area contributed by atoms with Gasteiger partial charge in [-0.1, -0.05) is 23.8 Å². The second kappa shape index (κ2) is 8.39. The van der Waals surface area contributed by atoms with Gasteiger partial charge in [-0.3, -0.25) is 9.59 Å². The van der Waals surface area contributed by atoms with Gasteiger partial charge in [0.05, 0.1) is 5.75 Å². The molecule has 5 heteroatoms. The van der Waals surface area contributed by atoms with Gasteiger partial charge in [-0.15, -0.1) is 11.8 Å². The Bertz CT molecular complexity index is 574. The summed E-state index contributed by atoms with van der Waals surface area (Å²) >= 11 is 1.67. The van der Waals surface area contributed by atoms with Crippen LogP contribution in [-0.4, -0.2) is 41.6 Å². The number of rotatable bonds is 5. The first-order valence-corrected chi connectivity index (χ1v) is 9.30. The van der Waals surface area contributed by atoms with Crippen molar-refractivity contribution in [2.75, 3.05) is 18.8 Å². The maximum Gasteiger partial charge on any atom is 0.232 e. The van der Waals surface area contributed by atoms with E-state index in [0.29, 0.717) is 12.3 Å². The average molecular weight is 334 g/mol. The molecule has 23 heavy (non-hydrogen) atoms. The summed E-state index contributed by atoms with van der Waals surface area (Å²) in [5.74, 6) is 1.52. The summed E-state index contributed by atoms with van der Waals surface area (Å²) in [7, 11) is 0. The molecule has 4 nitrogen and oxygen atoms in total. The zero-order valence-corrected chi connectivity index (χ0v) is 15.0. The number of aryl methyl sites for hydroxylation is 2. The Labute approximate surface area is 143 Å². The second-order valence-corrected chi connectivity index (χ2v) is 7.29. The van der Waals surface area contributed by atoms with Crippen LogP contribution in [0.5, 0.6) is 0 Å². The molecule has 1 aliphatic heterocycles. The third-order valence-corrected chi connectivity index (χ3v) is 5.14. The van der Waals surface area contributed by atoms with Gasteiger partial charge in [-0.25, -0.2) is 0 Å². The normalized spacial score (nSPS) is 17.9.